The summed E-state index contributed by atoms with van der Waals surface area (Å²) < 4.78 is 5.52. The Hall–Kier alpha value is -2.57. The zero-order valence-corrected chi connectivity index (χ0v) is 16.5. The number of carbonyl (C=O) groups is 2. The van der Waals surface area contributed by atoms with Crippen LogP contribution in [-0.4, -0.2) is 52.5 Å². The third-order valence-electron chi connectivity index (χ3n) is 5.90. The summed E-state index contributed by atoms with van der Waals surface area (Å²) >= 11 is 0. The minimum atomic E-state index is -0.338. The Balaban J connectivity index is 1.60. The summed E-state index contributed by atoms with van der Waals surface area (Å²) in [6.07, 6.45) is 7.12. The van der Waals surface area contributed by atoms with Crippen LogP contribution in [0.2, 0.25) is 0 Å². The summed E-state index contributed by atoms with van der Waals surface area (Å²) in [7, 11) is 0. The number of nitrogens with one attached hydrogen (secondary N) is 2. The van der Waals surface area contributed by atoms with Crippen LogP contribution in [0.25, 0.3) is 11.0 Å². The maximum absolute atomic E-state index is 12.7. The molecule has 7 heteroatoms. The molecule has 2 aromatic heterocycles. The van der Waals surface area contributed by atoms with Gasteiger partial charge in [0.2, 0.25) is 5.91 Å². The molecule has 2 N–H and O–H groups in total. The molecule has 1 saturated carbocycles. The van der Waals surface area contributed by atoms with Crippen molar-refractivity contribution in [2.45, 2.75) is 45.6 Å². The van der Waals surface area contributed by atoms with E-state index in [1.165, 1.54) is 0 Å². The highest BCUT2D eigenvalue weighted by Gasteiger charge is 2.30. The molecule has 3 heterocycles. The Bertz CT molecular complexity index is 874. The van der Waals surface area contributed by atoms with Gasteiger partial charge in [-0.1, -0.05) is 13.8 Å². The molecule has 2 aromatic rings. The lowest BCUT2D eigenvalue weighted by Crippen LogP contribution is -2.49. The van der Waals surface area contributed by atoms with E-state index in [4.69, 9.17) is 4.74 Å². The molecule has 0 unspecified atom stereocenters. The number of piperidine rings is 1. The van der Waals surface area contributed by atoms with Crippen LogP contribution in [-0.2, 0) is 9.53 Å². The molecule has 0 bridgehead atoms. The Labute approximate surface area is 164 Å². The Kier molecular flexibility index (Phi) is 5.24. The Morgan fingerprint density at radius 2 is 2.18 bits per heavy atom. The number of rotatable bonds is 6. The summed E-state index contributed by atoms with van der Waals surface area (Å²) in [5.74, 6) is 0.730. The molecule has 1 amide bonds. The average molecular weight is 384 g/mol. The van der Waals surface area contributed by atoms with Gasteiger partial charge in [-0.3, -0.25) is 4.79 Å². The number of carbonyl (C=O) groups excluding carboxylic acids is 2. The monoisotopic (exact) mass is 384 g/mol. The molecule has 2 atom stereocenters. The first-order valence-electron chi connectivity index (χ1n) is 10.2. The number of hydrogen-bond acceptors (Lipinski definition) is 5. The number of aromatic nitrogens is 2. The van der Waals surface area contributed by atoms with E-state index in [1.807, 2.05) is 24.1 Å². The van der Waals surface area contributed by atoms with Gasteiger partial charge in [-0.2, -0.15) is 0 Å². The fourth-order valence-corrected chi connectivity index (χ4v) is 3.77. The number of likely N-dealkylation sites (tertiary alicyclic amines) is 1. The minimum Gasteiger partial charge on any atom is -0.462 e. The topological polar surface area (TPSA) is 87.3 Å². The lowest BCUT2D eigenvalue weighted by Gasteiger charge is -2.38. The van der Waals surface area contributed by atoms with Crippen LogP contribution in [0.4, 0.5) is 5.69 Å². The second-order valence-corrected chi connectivity index (χ2v) is 8.04. The van der Waals surface area contributed by atoms with Gasteiger partial charge in [0.25, 0.3) is 0 Å². The van der Waals surface area contributed by atoms with Crippen molar-refractivity contribution in [3.8, 4) is 0 Å². The molecule has 28 heavy (non-hydrogen) atoms. The molecule has 150 valence electrons. The zero-order valence-electron chi connectivity index (χ0n) is 16.5. The van der Waals surface area contributed by atoms with Crippen molar-refractivity contribution in [1.29, 1.82) is 0 Å². The smallest absolute Gasteiger partial charge is 0.341 e. The molecule has 2 fully saturated rings. The summed E-state index contributed by atoms with van der Waals surface area (Å²) in [5.41, 5.74) is 1.93. The molecule has 1 aliphatic heterocycles. The molecule has 4 rings (SSSR count). The molecular weight excluding hydrogens is 356 g/mol. The number of esters is 1. The van der Waals surface area contributed by atoms with Crippen molar-refractivity contribution in [3.63, 3.8) is 0 Å². The third kappa shape index (κ3) is 3.84. The van der Waals surface area contributed by atoms with Crippen LogP contribution in [0.3, 0.4) is 0 Å². The van der Waals surface area contributed by atoms with Crippen LogP contribution in [0, 0.1) is 11.8 Å². The van der Waals surface area contributed by atoms with Gasteiger partial charge in [0.1, 0.15) is 11.2 Å². The first-order chi connectivity index (χ1) is 13.6. The SMILES string of the molecule is CCC(=O)N1CC[C@@H](C)[C@@H](Nc2c(C(=O)OCC3CC3)cnc3[nH]ccc23)C1. The van der Waals surface area contributed by atoms with Gasteiger partial charge in [0.15, 0.2) is 0 Å². The Morgan fingerprint density at radius 3 is 2.93 bits per heavy atom. The number of fused-ring (bicyclic) bond motifs is 1. The number of anilines is 1. The number of ether oxygens (including phenoxy) is 1. The first-order valence-corrected chi connectivity index (χ1v) is 10.2. The van der Waals surface area contributed by atoms with E-state index >= 15 is 0 Å². The van der Waals surface area contributed by atoms with Crippen LogP contribution in [0.15, 0.2) is 18.5 Å². The van der Waals surface area contributed by atoms with Crippen LogP contribution in [0.1, 0.15) is 49.9 Å². The summed E-state index contributed by atoms with van der Waals surface area (Å²) in [6, 6.07) is 1.99. The predicted molar refractivity (Wildman–Crippen MR) is 107 cm³/mol. The molecule has 0 spiro atoms. The number of aromatic amines is 1. The van der Waals surface area contributed by atoms with Crippen molar-refractivity contribution < 1.29 is 14.3 Å². The minimum absolute atomic E-state index is 0.0692. The van der Waals surface area contributed by atoms with Crippen molar-refractivity contribution in [2.24, 2.45) is 11.8 Å². The fraction of sp³-hybridized carbons (Fsp3) is 0.571. The molecule has 2 aliphatic rings. The normalized spacial score (nSPS) is 22.3. The molecule has 0 radical (unpaired) electrons. The third-order valence-corrected chi connectivity index (χ3v) is 5.90. The van der Waals surface area contributed by atoms with E-state index in [1.54, 1.807) is 6.20 Å². The van der Waals surface area contributed by atoms with Crippen molar-refractivity contribution in [1.82, 2.24) is 14.9 Å². The zero-order chi connectivity index (χ0) is 19.7. The number of nitrogens with zero attached hydrogens (tertiary/aromatic N) is 2. The van der Waals surface area contributed by atoms with Crippen LogP contribution < -0.4 is 5.32 Å². The largest absolute Gasteiger partial charge is 0.462 e. The predicted octanol–water partition coefficient (Wildman–Crippen LogP) is 3.19. The van der Waals surface area contributed by atoms with Gasteiger partial charge in [-0.05, 0) is 37.2 Å². The molecule has 1 saturated heterocycles. The van der Waals surface area contributed by atoms with Gasteiger partial charge in [0, 0.05) is 43.3 Å². The fourth-order valence-electron chi connectivity index (χ4n) is 3.77. The van der Waals surface area contributed by atoms with Crippen molar-refractivity contribution >= 4 is 28.6 Å². The quantitative estimate of drug-likeness (QED) is 0.747. The highest BCUT2D eigenvalue weighted by molar-refractivity contribution is 6.04. The number of pyridine rings is 1. The van der Waals surface area contributed by atoms with Crippen molar-refractivity contribution in [2.75, 3.05) is 25.0 Å². The van der Waals surface area contributed by atoms with Crippen LogP contribution in [0.5, 0.6) is 0 Å². The van der Waals surface area contributed by atoms with E-state index in [9.17, 15) is 9.59 Å². The highest BCUT2D eigenvalue weighted by atomic mass is 16.5. The first kappa shape index (κ1) is 18.8. The summed E-state index contributed by atoms with van der Waals surface area (Å²) in [5, 5.41) is 4.43. The van der Waals surface area contributed by atoms with Gasteiger partial charge in [0.05, 0.1) is 12.3 Å². The van der Waals surface area contributed by atoms with E-state index < -0.39 is 0 Å². The Morgan fingerprint density at radius 1 is 1.36 bits per heavy atom. The lowest BCUT2D eigenvalue weighted by atomic mass is 9.92. The van der Waals surface area contributed by atoms with Gasteiger partial charge < -0.3 is 19.9 Å². The van der Waals surface area contributed by atoms with Gasteiger partial charge >= 0.3 is 5.97 Å². The van der Waals surface area contributed by atoms with E-state index in [0.29, 0.717) is 37.0 Å². The summed E-state index contributed by atoms with van der Waals surface area (Å²) in [4.78, 5) is 34.3. The number of H-pyrrole nitrogens is 1. The lowest BCUT2D eigenvalue weighted by molar-refractivity contribution is -0.132. The average Bonchev–Trinajstić information content (AvgIpc) is 3.41. The molecule has 7 nitrogen and oxygen atoms in total. The maximum atomic E-state index is 12.7. The van der Waals surface area contributed by atoms with E-state index in [-0.39, 0.29) is 17.9 Å². The standard InChI is InChI=1S/C21H28N4O3/c1-3-18(26)25-9-7-13(2)17(11-25)24-19-15-6-8-22-20(15)23-10-16(19)21(27)28-12-14-4-5-14/h6,8,10,13-14,17H,3-5,7,9,11-12H2,1-2H3,(H2,22,23,24)/t13-,17+/m1/s1. The molecular formula is C21H28N4O3. The summed E-state index contributed by atoms with van der Waals surface area (Å²) in [6.45, 7) is 5.98. The van der Waals surface area contributed by atoms with Gasteiger partial charge in [-0.25, -0.2) is 9.78 Å². The maximum Gasteiger partial charge on any atom is 0.341 e. The number of amides is 1. The van der Waals surface area contributed by atoms with Crippen molar-refractivity contribution in [3.05, 3.63) is 24.0 Å². The van der Waals surface area contributed by atoms with Crippen LogP contribution >= 0.6 is 0 Å². The second-order valence-electron chi connectivity index (χ2n) is 8.04. The molecule has 0 aromatic carbocycles. The molecule has 1 aliphatic carbocycles. The van der Waals surface area contributed by atoms with E-state index in [0.717, 1.165) is 42.5 Å². The number of hydrogen-bond donors (Lipinski definition) is 2. The highest BCUT2D eigenvalue weighted by Crippen LogP contribution is 2.32. The van der Waals surface area contributed by atoms with Gasteiger partial charge in [-0.15, -0.1) is 0 Å². The second kappa shape index (κ2) is 7.81. The van der Waals surface area contributed by atoms with E-state index in [2.05, 4.69) is 22.2 Å².